The van der Waals surface area contributed by atoms with Gasteiger partial charge in [0.25, 0.3) is 0 Å². The number of hydrogen-bond donors (Lipinski definition) is 0. The molecule has 0 aromatic heterocycles. The smallest absolute Gasteiger partial charge is 0.185 e. The van der Waals surface area contributed by atoms with Crippen molar-refractivity contribution >= 4 is 11.8 Å². The SMILES string of the molecule is CCCCCCc1cc(SC(C)(C)C)cc(CCCCCC)c1[O]. The molecular formula is C22H37OS. The molecule has 0 aliphatic carbocycles. The Morgan fingerprint density at radius 2 is 1.25 bits per heavy atom. The van der Waals surface area contributed by atoms with E-state index in [2.05, 4.69) is 46.8 Å². The first kappa shape index (κ1) is 21.4. The summed E-state index contributed by atoms with van der Waals surface area (Å²) < 4.78 is 0.184. The van der Waals surface area contributed by atoms with E-state index in [4.69, 9.17) is 0 Å². The lowest BCUT2D eigenvalue weighted by Crippen LogP contribution is -2.07. The molecule has 1 aromatic rings. The van der Waals surface area contributed by atoms with Crippen LogP contribution in [0.2, 0.25) is 0 Å². The summed E-state index contributed by atoms with van der Waals surface area (Å²) in [5.41, 5.74) is 2.09. The molecule has 0 spiro atoms. The van der Waals surface area contributed by atoms with Gasteiger partial charge in [0.05, 0.1) is 0 Å². The molecule has 0 saturated heterocycles. The fraction of sp³-hybridized carbons (Fsp3) is 0.727. The monoisotopic (exact) mass is 349 g/mol. The summed E-state index contributed by atoms with van der Waals surface area (Å²) in [4.78, 5) is 1.28. The third-order valence-corrected chi connectivity index (χ3v) is 5.32. The Morgan fingerprint density at radius 3 is 1.62 bits per heavy atom. The first-order valence-corrected chi connectivity index (χ1v) is 10.7. The van der Waals surface area contributed by atoms with E-state index in [-0.39, 0.29) is 4.75 Å². The molecule has 0 saturated carbocycles. The number of benzene rings is 1. The molecule has 0 aliphatic heterocycles. The molecule has 2 heteroatoms. The predicted molar refractivity (Wildman–Crippen MR) is 108 cm³/mol. The molecule has 0 atom stereocenters. The molecular weight excluding hydrogens is 312 g/mol. The topological polar surface area (TPSA) is 19.9 Å². The molecule has 137 valence electrons. The van der Waals surface area contributed by atoms with Crippen molar-refractivity contribution < 1.29 is 5.11 Å². The van der Waals surface area contributed by atoms with E-state index in [1.54, 1.807) is 0 Å². The van der Waals surface area contributed by atoms with Crippen LogP contribution in [0.4, 0.5) is 0 Å². The molecule has 0 heterocycles. The molecule has 1 aromatic carbocycles. The van der Waals surface area contributed by atoms with Crippen molar-refractivity contribution in [3.8, 4) is 5.75 Å². The summed E-state index contributed by atoms with van der Waals surface area (Å²) in [5.74, 6) is 0.321. The van der Waals surface area contributed by atoms with Gasteiger partial charge in [-0.15, -0.1) is 11.8 Å². The first-order chi connectivity index (χ1) is 11.4. The maximum Gasteiger partial charge on any atom is 0.185 e. The Labute approximate surface area is 154 Å². The lowest BCUT2D eigenvalue weighted by atomic mass is 9.99. The van der Waals surface area contributed by atoms with Gasteiger partial charge in [0.15, 0.2) is 5.75 Å². The Hall–Kier alpha value is -0.630. The second-order valence-electron chi connectivity index (χ2n) is 7.91. The molecule has 0 N–H and O–H groups in total. The Bertz CT molecular complexity index is 440. The van der Waals surface area contributed by atoms with Gasteiger partial charge in [-0.2, -0.15) is 0 Å². The summed E-state index contributed by atoms with van der Waals surface area (Å²) in [5, 5.41) is 12.8. The van der Waals surface area contributed by atoms with Crippen LogP contribution in [0.25, 0.3) is 0 Å². The zero-order chi connectivity index (χ0) is 18.0. The molecule has 0 amide bonds. The van der Waals surface area contributed by atoms with Crippen LogP contribution in [0, 0.1) is 0 Å². The lowest BCUT2D eigenvalue weighted by molar-refractivity contribution is 0.343. The van der Waals surface area contributed by atoms with Crippen LogP contribution in [0.1, 0.15) is 97.1 Å². The van der Waals surface area contributed by atoms with Crippen LogP contribution >= 0.6 is 11.8 Å². The van der Waals surface area contributed by atoms with Gasteiger partial charge in [-0.05, 0) is 37.8 Å². The number of aryl methyl sites for hydroxylation is 2. The van der Waals surface area contributed by atoms with E-state index in [1.165, 1.54) is 43.4 Å². The van der Waals surface area contributed by atoms with Crippen molar-refractivity contribution in [2.45, 2.75) is 108 Å². The number of hydrogen-bond acceptors (Lipinski definition) is 1. The van der Waals surface area contributed by atoms with Crippen LogP contribution in [0.3, 0.4) is 0 Å². The molecule has 0 aliphatic rings. The maximum absolute atomic E-state index is 12.8. The van der Waals surface area contributed by atoms with Gasteiger partial charge in [0.1, 0.15) is 0 Å². The van der Waals surface area contributed by atoms with Crippen molar-refractivity contribution in [1.82, 2.24) is 0 Å². The van der Waals surface area contributed by atoms with Gasteiger partial charge >= 0.3 is 0 Å². The van der Waals surface area contributed by atoms with E-state index in [0.717, 1.165) is 36.8 Å². The van der Waals surface area contributed by atoms with Gasteiger partial charge in [-0.1, -0.05) is 73.1 Å². The number of unbranched alkanes of at least 4 members (excludes halogenated alkanes) is 6. The maximum atomic E-state index is 12.8. The van der Waals surface area contributed by atoms with Crippen LogP contribution in [-0.4, -0.2) is 4.75 Å². The minimum atomic E-state index is 0.184. The highest BCUT2D eigenvalue weighted by molar-refractivity contribution is 8.00. The number of thioether (sulfide) groups is 1. The zero-order valence-electron chi connectivity index (χ0n) is 16.5. The van der Waals surface area contributed by atoms with Crippen LogP contribution < -0.4 is 0 Å². The Balaban J connectivity index is 2.87. The third kappa shape index (κ3) is 8.46. The highest BCUT2D eigenvalue weighted by Crippen LogP contribution is 2.37. The van der Waals surface area contributed by atoms with Gasteiger partial charge in [0, 0.05) is 20.8 Å². The second kappa shape index (κ2) is 11.1. The highest BCUT2D eigenvalue weighted by Gasteiger charge is 2.17. The van der Waals surface area contributed by atoms with Crippen LogP contribution in [0.15, 0.2) is 17.0 Å². The molecule has 0 unspecified atom stereocenters. The predicted octanol–water partition coefficient (Wildman–Crippen LogP) is 7.97. The van der Waals surface area contributed by atoms with Crippen molar-refractivity contribution in [3.63, 3.8) is 0 Å². The summed E-state index contributed by atoms with van der Waals surface area (Å²) in [6.07, 6.45) is 11.7. The van der Waals surface area contributed by atoms with Gasteiger partial charge in [-0.3, -0.25) is 5.11 Å². The largest absolute Gasteiger partial charge is 0.289 e. The minimum absolute atomic E-state index is 0.184. The minimum Gasteiger partial charge on any atom is -0.289 e. The second-order valence-corrected chi connectivity index (χ2v) is 9.81. The fourth-order valence-electron chi connectivity index (χ4n) is 2.99. The molecule has 1 radical (unpaired) electrons. The summed E-state index contributed by atoms with van der Waals surface area (Å²) in [6.45, 7) is 11.2. The van der Waals surface area contributed by atoms with E-state index in [1.807, 2.05) is 11.8 Å². The van der Waals surface area contributed by atoms with Crippen LogP contribution in [-0.2, 0) is 17.9 Å². The van der Waals surface area contributed by atoms with E-state index in [9.17, 15) is 5.11 Å². The summed E-state index contributed by atoms with van der Waals surface area (Å²) >= 11 is 1.89. The summed E-state index contributed by atoms with van der Waals surface area (Å²) in [6, 6.07) is 4.33. The molecule has 1 rings (SSSR count). The quantitative estimate of drug-likeness (QED) is 0.293. The molecule has 1 nitrogen and oxygen atoms in total. The third-order valence-electron chi connectivity index (χ3n) is 4.24. The average Bonchev–Trinajstić information content (AvgIpc) is 2.50. The Kier molecular flexibility index (Phi) is 9.88. The van der Waals surface area contributed by atoms with Crippen molar-refractivity contribution in [2.75, 3.05) is 0 Å². The van der Waals surface area contributed by atoms with Gasteiger partial charge < -0.3 is 0 Å². The van der Waals surface area contributed by atoms with E-state index >= 15 is 0 Å². The Morgan fingerprint density at radius 1 is 0.792 bits per heavy atom. The van der Waals surface area contributed by atoms with E-state index < -0.39 is 0 Å². The number of rotatable bonds is 11. The first-order valence-electron chi connectivity index (χ1n) is 9.89. The fourth-order valence-corrected chi connectivity index (χ4v) is 4.10. The highest BCUT2D eigenvalue weighted by atomic mass is 32.2. The van der Waals surface area contributed by atoms with Crippen molar-refractivity contribution in [1.29, 1.82) is 0 Å². The summed E-state index contributed by atoms with van der Waals surface area (Å²) in [7, 11) is 0. The van der Waals surface area contributed by atoms with Gasteiger partial charge in [-0.25, -0.2) is 0 Å². The average molecular weight is 350 g/mol. The van der Waals surface area contributed by atoms with Crippen LogP contribution in [0.5, 0.6) is 5.75 Å². The van der Waals surface area contributed by atoms with E-state index in [0.29, 0.717) is 5.75 Å². The standard InChI is InChI=1S/C22H37OS/c1-6-8-10-12-14-18-16-20(24-22(3,4)5)17-19(21(18)23)15-13-11-9-7-2/h16-17H,6-15H2,1-5H3. The van der Waals surface area contributed by atoms with Crippen molar-refractivity contribution in [3.05, 3.63) is 23.3 Å². The molecule has 0 fully saturated rings. The zero-order valence-corrected chi connectivity index (χ0v) is 17.4. The molecule has 0 bridgehead atoms. The lowest BCUT2D eigenvalue weighted by Gasteiger charge is -2.19. The van der Waals surface area contributed by atoms with Crippen molar-refractivity contribution in [2.24, 2.45) is 0 Å². The van der Waals surface area contributed by atoms with Gasteiger partial charge in [0.2, 0.25) is 0 Å². The normalized spacial score (nSPS) is 11.9. The molecule has 24 heavy (non-hydrogen) atoms.